The lowest BCUT2D eigenvalue weighted by Gasteiger charge is -2.23. The highest BCUT2D eigenvalue weighted by Gasteiger charge is 2.16. The smallest absolute Gasteiger partial charge is 0.228 e. The normalized spacial score (nSPS) is 10.1. The van der Waals surface area contributed by atoms with Crippen molar-refractivity contribution in [2.24, 2.45) is 0 Å². The molecule has 0 heterocycles. The molecule has 0 saturated carbocycles. The lowest BCUT2D eigenvalue weighted by Crippen LogP contribution is -2.23. The van der Waals surface area contributed by atoms with E-state index < -0.39 is 0 Å². The second-order valence-corrected chi connectivity index (χ2v) is 4.25. The summed E-state index contributed by atoms with van der Waals surface area (Å²) in [4.78, 5) is 13.5. The summed E-state index contributed by atoms with van der Waals surface area (Å²) in [5, 5.41) is 0. The number of hydrogen-bond acceptors (Lipinski definition) is 2. The Labute approximate surface area is 107 Å². The molecule has 2 aromatic rings. The number of anilines is 3. The van der Waals surface area contributed by atoms with Crippen molar-refractivity contribution in [2.45, 2.75) is 13.8 Å². The van der Waals surface area contributed by atoms with Crippen LogP contribution in [0.3, 0.4) is 0 Å². The van der Waals surface area contributed by atoms with Crippen LogP contribution in [0.1, 0.15) is 12.5 Å². The maximum absolute atomic E-state index is 11.9. The summed E-state index contributed by atoms with van der Waals surface area (Å²) in [6, 6.07) is 15.2. The van der Waals surface area contributed by atoms with E-state index in [2.05, 4.69) is 0 Å². The van der Waals surface area contributed by atoms with E-state index in [4.69, 9.17) is 5.73 Å². The SMILES string of the molecule is CC(=O)N(c1ccccc1)c1ccc(C)cc1N. The minimum absolute atomic E-state index is 0.0586. The van der Waals surface area contributed by atoms with Crippen molar-refractivity contribution in [3.63, 3.8) is 0 Å². The van der Waals surface area contributed by atoms with Crippen LogP contribution in [0.25, 0.3) is 0 Å². The number of aryl methyl sites for hydroxylation is 1. The van der Waals surface area contributed by atoms with Crippen molar-refractivity contribution < 1.29 is 4.79 Å². The molecule has 0 bridgehead atoms. The number of hydrogen-bond donors (Lipinski definition) is 1. The molecule has 0 saturated heterocycles. The van der Waals surface area contributed by atoms with Gasteiger partial charge in [-0.25, -0.2) is 0 Å². The van der Waals surface area contributed by atoms with Crippen LogP contribution in [-0.2, 0) is 4.79 Å². The predicted octanol–water partition coefficient (Wildman–Crippen LogP) is 3.26. The lowest BCUT2D eigenvalue weighted by atomic mass is 10.1. The molecule has 2 aromatic carbocycles. The Kier molecular flexibility index (Phi) is 3.33. The highest BCUT2D eigenvalue weighted by atomic mass is 16.2. The number of nitrogens with two attached hydrogens (primary N) is 1. The maximum Gasteiger partial charge on any atom is 0.228 e. The Bertz CT molecular complexity index is 564. The highest BCUT2D eigenvalue weighted by Crippen LogP contribution is 2.30. The predicted molar refractivity (Wildman–Crippen MR) is 74.9 cm³/mol. The van der Waals surface area contributed by atoms with Crippen LogP contribution >= 0.6 is 0 Å². The second-order valence-electron chi connectivity index (χ2n) is 4.25. The summed E-state index contributed by atoms with van der Waals surface area (Å²) in [7, 11) is 0. The van der Waals surface area contributed by atoms with Crippen molar-refractivity contribution in [2.75, 3.05) is 10.6 Å². The summed E-state index contributed by atoms with van der Waals surface area (Å²) in [6.07, 6.45) is 0. The van der Waals surface area contributed by atoms with E-state index in [1.807, 2.05) is 55.5 Å². The number of para-hydroxylation sites is 1. The Hall–Kier alpha value is -2.29. The summed E-state index contributed by atoms with van der Waals surface area (Å²) in [6.45, 7) is 3.51. The van der Waals surface area contributed by atoms with Crippen molar-refractivity contribution in [3.05, 3.63) is 54.1 Å². The van der Waals surface area contributed by atoms with E-state index in [0.717, 1.165) is 16.9 Å². The average Bonchev–Trinajstić information content (AvgIpc) is 2.33. The summed E-state index contributed by atoms with van der Waals surface area (Å²) < 4.78 is 0. The van der Waals surface area contributed by atoms with Crippen molar-refractivity contribution in [1.82, 2.24) is 0 Å². The molecular formula is C15H16N2O. The molecule has 0 aliphatic carbocycles. The van der Waals surface area contributed by atoms with Gasteiger partial charge in [-0.1, -0.05) is 24.3 Å². The monoisotopic (exact) mass is 240 g/mol. The van der Waals surface area contributed by atoms with Gasteiger partial charge in [0.15, 0.2) is 0 Å². The van der Waals surface area contributed by atoms with Gasteiger partial charge in [0.2, 0.25) is 5.91 Å². The van der Waals surface area contributed by atoms with E-state index in [1.54, 1.807) is 4.90 Å². The zero-order valence-corrected chi connectivity index (χ0v) is 10.6. The number of amides is 1. The Morgan fingerprint density at radius 3 is 2.33 bits per heavy atom. The van der Waals surface area contributed by atoms with Crippen LogP contribution in [0.5, 0.6) is 0 Å². The number of rotatable bonds is 2. The van der Waals surface area contributed by atoms with Crippen LogP contribution < -0.4 is 10.6 Å². The molecule has 3 nitrogen and oxygen atoms in total. The average molecular weight is 240 g/mol. The van der Waals surface area contributed by atoms with E-state index in [1.165, 1.54) is 6.92 Å². The fraction of sp³-hybridized carbons (Fsp3) is 0.133. The van der Waals surface area contributed by atoms with Crippen molar-refractivity contribution >= 4 is 23.0 Å². The zero-order valence-electron chi connectivity index (χ0n) is 10.6. The van der Waals surface area contributed by atoms with Gasteiger partial charge in [-0.3, -0.25) is 9.69 Å². The van der Waals surface area contributed by atoms with Crippen LogP contribution in [0.2, 0.25) is 0 Å². The van der Waals surface area contributed by atoms with Crippen molar-refractivity contribution in [1.29, 1.82) is 0 Å². The van der Waals surface area contributed by atoms with Gasteiger partial charge in [0.25, 0.3) is 0 Å². The minimum atomic E-state index is -0.0586. The Morgan fingerprint density at radius 2 is 1.78 bits per heavy atom. The summed E-state index contributed by atoms with van der Waals surface area (Å²) in [5.41, 5.74) is 9.23. The van der Waals surface area contributed by atoms with Gasteiger partial charge < -0.3 is 5.73 Å². The second kappa shape index (κ2) is 4.92. The first-order valence-corrected chi connectivity index (χ1v) is 5.81. The van der Waals surface area contributed by atoms with Crippen LogP contribution in [-0.4, -0.2) is 5.91 Å². The van der Waals surface area contributed by atoms with Crippen LogP contribution in [0.15, 0.2) is 48.5 Å². The van der Waals surface area contributed by atoms with Gasteiger partial charge in [0.1, 0.15) is 0 Å². The largest absolute Gasteiger partial charge is 0.397 e. The van der Waals surface area contributed by atoms with Crippen molar-refractivity contribution in [3.8, 4) is 0 Å². The maximum atomic E-state index is 11.9. The number of nitrogen functional groups attached to an aromatic ring is 1. The standard InChI is InChI=1S/C15H16N2O/c1-11-8-9-15(14(16)10-11)17(12(2)18)13-6-4-3-5-7-13/h3-10H,16H2,1-2H3. The molecule has 0 fully saturated rings. The number of benzene rings is 2. The molecule has 3 heteroatoms. The summed E-state index contributed by atoms with van der Waals surface area (Å²) in [5.74, 6) is -0.0586. The molecule has 0 spiro atoms. The number of nitrogens with zero attached hydrogens (tertiary/aromatic N) is 1. The first-order chi connectivity index (χ1) is 8.59. The van der Waals surface area contributed by atoms with Gasteiger partial charge in [-0.2, -0.15) is 0 Å². The molecule has 2 N–H and O–H groups in total. The molecule has 92 valence electrons. The quantitative estimate of drug-likeness (QED) is 0.819. The minimum Gasteiger partial charge on any atom is -0.397 e. The number of carbonyl (C=O) groups excluding carboxylic acids is 1. The molecule has 0 atom stereocenters. The third kappa shape index (κ3) is 2.35. The topological polar surface area (TPSA) is 46.3 Å². The molecule has 2 rings (SSSR count). The lowest BCUT2D eigenvalue weighted by molar-refractivity contribution is -0.115. The molecule has 0 aliphatic rings. The van der Waals surface area contributed by atoms with E-state index in [0.29, 0.717) is 5.69 Å². The third-order valence-electron chi connectivity index (χ3n) is 2.75. The zero-order chi connectivity index (χ0) is 13.1. The van der Waals surface area contributed by atoms with E-state index in [9.17, 15) is 4.79 Å². The first-order valence-electron chi connectivity index (χ1n) is 5.81. The fourth-order valence-corrected chi connectivity index (χ4v) is 1.95. The fourth-order valence-electron chi connectivity index (χ4n) is 1.95. The molecule has 1 amide bonds. The van der Waals surface area contributed by atoms with Gasteiger partial charge in [0.05, 0.1) is 11.4 Å². The van der Waals surface area contributed by atoms with E-state index in [-0.39, 0.29) is 5.91 Å². The molecule has 0 aliphatic heterocycles. The van der Waals surface area contributed by atoms with Crippen LogP contribution in [0.4, 0.5) is 17.1 Å². The van der Waals surface area contributed by atoms with E-state index >= 15 is 0 Å². The van der Waals surface area contributed by atoms with Gasteiger partial charge >= 0.3 is 0 Å². The molecule has 18 heavy (non-hydrogen) atoms. The molecule has 0 radical (unpaired) electrons. The van der Waals surface area contributed by atoms with Gasteiger partial charge in [-0.05, 0) is 36.8 Å². The molecular weight excluding hydrogens is 224 g/mol. The molecule has 0 aromatic heterocycles. The first kappa shape index (κ1) is 12.2. The van der Waals surface area contributed by atoms with Gasteiger partial charge in [0, 0.05) is 12.6 Å². The molecule has 0 unspecified atom stereocenters. The number of carbonyl (C=O) groups is 1. The van der Waals surface area contributed by atoms with Gasteiger partial charge in [-0.15, -0.1) is 0 Å². The van der Waals surface area contributed by atoms with Crippen LogP contribution in [0, 0.1) is 6.92 Å². The third-order valence-corrected chi connectivity index (χ3v) is 2.75. The Balaban J connectivity index is 2.52. The highest BCUT2D eigenvalue weighted by molar-refractivity contribution is 6.01. The summed E-state index contributed by atoms with van der Waals surface area (Å²) >= 11 is 0. The Morgan fingerprint density at radius 1 is 1.11 bits per heavy atom.